The Labute approximate surface area is 123 Å². The van der Waals surface area contributed by atoms with Crippen LogP contribution in [0.4, 0.5) is 0 Å². The van der Waals surface area contributed by atoms with E-state index in [1.54, 1.807) is 30.7 Å². The minimum Gasteiger partial charge on any atom is -0.466 e. The Balaban J connectivity index is 1.64. The second kappa shape index (κ2) is 7.99. The monoisotopic (exact) mass is 286 g/mol. The SMILES string of the molecule is O=C(CCn1ccccc1=O)OCCCc1ccncc1. The van der Waals surface area contributed by atoms with Crippen molar-refractivity contribution in [3.05, 3.63) is 64.8 Å². The average Bonchev–Trinajstić information content (AvgIpc) is 2.52. The molecule has 0 amide bonds. The number of ether oxygens (including phenoxy) is 1. The van der Waals surface area contributed by atoms with Crippen LogP contribution in [-0.4, -0.2) is 22.1 Å². The molecule has 5 nitrogen and oxygen atoms in total. The van der Waals surface area contributed by atoms with Gasteiger partial charge in [0.2, 0.25) is 0 Å². The van der Waals surface area contributed by atoms with Crippen LogP contribution in [0.5, 0.6) is 0 Å². The first-order chi connectivity index (χ1) is 10.3. The topological polar surface area (TPSA) is 61.2 Å². The van der Waals surface area contributed by atoms with Crippen molar-refractivity contribution >= 4 is 5.97 Å². The molecule has 0 N–H and O–H groups in total. The predicted molar refractivity (Wildman–Crippen MR) is 78.8 cm³/mol. The molecule has 2 aromatic heterocycles. The fourth-order valence-corrected chi connectivity index (χ4v) is 1.94. The molecule has 0 saturated heterocycles. The Hall–Kier alpha value is -2.43. The molecular formula is C16H18N2O3. The van der Waals surface area contributed by atoms with Crippen molar-refractivity contribution in [3.8, 4) is 0 Å². The van der Waals surface area contributed by atoms with Crippen LogP contribution >= 0.6 is 0 Å². The fourth-order valence-electron chi connectivity index (χ4n) is 1.94. The third kappa shape index (κ3) is 5.22. The van der Waals surface area contributed by atoms with Gasteiger partial charge in [0.15, 0.2) is 0 Å². The van der Waals surface area contributed by atoms with Crippen molar-refractivity contribution in [1.29, 1.82) is 0 Å². The zero-order valence-corrected chi connectivity index (χ0v) is 11.8. The summed E-state index contributed by atoms with van der Waals surface area (Å²) in [5.74, 6) is -0.277. The second-order valence-corrected chi connectivity index (χ2v) is 4.66. The second-order valence-electron chi connectivity index (χ2n) is 4.66. The van der Waals surface area contributed by atoms with Crippen LogP contribution in [0, 0.1) is 0 Å². The fraction of sp³-hybridized carbons (Fsp3) is 0.312. The molecule has 5 heteroatoms. The number of rotatable bonds is 7. The normalized spacial score (nSPS) is 10.3. The first-order valence-electron chi connectivity index (χ1n) is 6.96. The smallest absolute Gasteiger partial charge is 0.307 e. The molecular weight excluding hydrogens is 268 g/mol. The molecule has 0 aliphatic heterocycles. The van der Waals surface area contributed by atoms with Gasteiger partial charge in [-0.05, 0) is 36.6 Å². The Kier molecular flexibility index (Phi) is 5.70. The van der Waals surface area contributed by atoms with Gasteiger partial charge < -0.3 is 9.30 Å². The highest BCUT2D eigenvalue weighted by Gasteiger charge is 2.04. The number of pyridine rings is 2. The van der Waals surface area contributed by atoms with Crippen molar-refractivity contribution in [3.63, 3.8) is 0 Å². The van der Waals surface area contributed by atoms with E-state index in [4.69, 9.17) is 4.74 Å². The van der Waals surface area contributed by atoms with Crippen molar-refractivity contribution in [2.24, 2.45) is 0 Å². The van der Waals surface area contributed by atoms with Crippen LogP contribution in [0.25, 0.3) is 0 Å². The van der Waals surface area contributed by atoms with E-state index in [0.717, 1.165) is 12.8 Å². The molecule has 110 valence electrons. The molecule has 2 aromatic rings. The molecule has 0 aliphatic rings. The lowest BCUT2D eigenvalue weighted by Gasteiger charge is -2.06. The Morgan fingerprint density at radius 1 is 1.19 bits per heavy atom. The molecule has 2 heterocycles. The van der Waals surface area contributed by atoms with Crippen molar-refractivity contribution < 1.29 is 9.53 Å². The van der Waals surface area contributed by atoms with Gasteiger partial charge in [0.05, 0.1) is 13.0 Å². The third-order valence-corrected chi connectivity index (χ3v) is 3.08. The zero-order valence-electron chi connectivity index (χ0n) is 11.8. The molecule has 0 bridgehead atoms. The lowest BCUT2D eigenvalue weighted by molar-refractivity contribution is -0.144. The van der Waals surface area contributed by atoms with Crippen LogP contribution < -0.4 is 5.56 Å². The standard InChI is InChI=1S/C16H18N2O3/c19-15-5-1-2-11-18(15)12-8-16(20)21-13-3-4-14-6-9-17-10-7-14/h1-2,5-7,9-11H,3-4,8,12-13H2. The van der Waals surface area contributed by atoms with E-state index in [1.165, 1.54) is 16.2 Å². The third-order valence-electron chi connectivity index (χ3n) is 3.08. The number of carbonyl (C=O) groups excluding carboxylic acids is 1. The highest BCUT2D eigenvalue weighted by atomic mass is 16.5. The van der Waals surface area contributed by atoms with E-state index in [9.17, 15) is 9.59 Å². The van der Waals surface area contributed by atoms with E-state index in [-0.39, 0.29) is 17.9 Å². The number of carbonyl (C=O) groups is 1. The van der Waals surface area contributed by atoms with Crippen molar-refractivity contribution in [1.82, 2.24) is 9.55 Å². The van der Waals surface area contributed by atoms with Gasteiger partial charge in [-0.2, -0.15) is 0 Å². The highest BCUT2D eigenvalue weighted by molar-refractivity contribution is 5.69. The number of esters is 1. The van der Waals surface area contributed by atoms with E-state index < -0.39 is 0 Å². The van der Waals surface area contributed by atoms with Crippen LogP contribution in [-0.2, 0) is 22.5 Å². The zero-order chi connectivity index (χ0) is 14.9. The van der Waals surface area contributed by atoms with Crippen LogP contribution in [0.1, 0.15) is 18.4 Å². The van der Waals surface area contributed by atoms with Gasteiger partial charge >= 0.3 is 5.97 Å². The Morgan fingerprint density at radius 2 is 2.00 bits per heavy atom. The minimum absolute atomic E-state index is 0.108. The summed E-state index contributed by atoms with van der Waals surface area (Å²) in [6.07, 6.45) is 7.01. The predicted octanol–water partition coefficient (Wildman–Crippen LogP) is 1.81. The van der Waals surface area contributed by atoms with Crippen LogP contribution in [0.2, 0.25) is 0 Å². The summed E-state index contributed by atoms with van der Waals surface area (Å²) < 4.78 is 6.65. The summed E-state index contributed by atoms with van der Waals surface area (Å²) >= 11 is 0. The summed E-state index contributed by atoms with van der Waals surface area (Å²) in [7, 11) is 0. The largest absolute Gasteiger partial charge is 0.466 e. The molecule has 0 radical (unpaired) electrons. The first-order valence-corrected chi connectivity index (χ1v) is 6.96. The summed E-state index contributed by atoms with van der Waals surface area (Å²) in [4.78, 5) is 27.0. The maximum Gasteiger partial charge on any atom is 0.307 e. The van der Waals surface area contributed by atoms with Gasteiger partial charge in [0, 0.05) is 31.2 Å². The molecule has 21 heavy (non-hydrogen) atoms. The number of nitrogens with zero attached hydrogens (tertiary/aromatic N) is 2. The van der Waals surface area contributed by atoms with E-state index in [2.05, 4.69) is 4.98 Å². The molecule has 0 aromatic carbocycles. The molecule has 0 spiro atoms. The molecule has 2 rings (SSSR count). The quantitative estimate of drug-likeness (QED) is 0.575. The van der Waals surface area contributed by atoms with E-state index >= 15 is 0 Å². The van der Waals surface area contributed by atoms with Gasteiger partial charge in [-0.1, -0.05) is 6.07 Å². The maximum absolute atomic E-state index is 11.6. The van der Waals surface area contributed by atoms with Crippen molar-refractivity contribution in [2.45, 2.75) is 25.8 Å². The Morgan fingerprint density at radius 3 is 2.76 bits per heavy atom. The van der Waals surface area contributed by atoms with Gasteiger partial charge in [0.25, 0.3) is 5.56 Å². The van der Waals surface area contributed by atoms with Gasteiger partial charge in [-0.3, -0.25) is 14.6 Å². The van der Waals surface area contributed by atoms with Crippen LogP contribution in [0.3, 0.4) is 0 Å². The summed E-state index contributed by atoms with van der Waals surface area (Å²) in [6, 6.07) is 8.81. The first kappa shape index (κ1) is 15.0. The molecule has 0 atom stereocenters. The highest BCUT2D eigenvalue weighted by Crippen LogP contribution is 2.01. The lowest BCUT2D eigenvalue weighted by atomic mass is 10.1. The molecule has 0 aliphatic carbocycles. The number of aromatic nitrogens is 2. The van der Waals surface area contributed by atoms with Gasteiger partial charge in [-0.25, -0.2) is 0 Å². The van der Waals surface area contributed by atoms with Gasteiger partial charge in [0.1, 0.15) is 0 Å². The van der Waals surface area contributed by atoms with E-state index in [0.29, 0.717) is 13.2 Å². The average molecular weight is 286 g/mol. The summed E-state index contributed by atoms with van der Waals surface area (Å²) in [5.41, 5.74) is 1.07. The maximum atomic E-state index is 11.6. The van der Waals surface area contributed by atoms with E-state index in [1.807, 2.05) is 12.1 Å². The van der Waals surface area contributed by atoms with Crippen LogP contribution in [0.15, 0.2) is 53.7 Å². The molecule has 0 saturated carbocycles. The molecule has 0 fully saturated rings. The van der Waals surface area contributed by atoms with Gasteiger partial charge in [-0.15, -0.1) is 0 Å². The summed E-state index contributed by atoms with van der Waals surface area (Å²) in [5, 5.41) is 0. The number of hydrogen-bond acceptors (Lipinski definition) is 4. The Bertz CT molecular complexity index is 623. The summed E-state index contributed by atoms with van der Waals surface area (Å²) in [6.45, 7) is 0.744. The lowest BCUT2D eigenvalue weighted by Crippen LogP contribution is -2.20. The number of hydrogen-bond donors (Lipinski definition) is 0. The number of aryl methyl sites for hydroxylation is 2. The minimum atomic E-state index is -0.277. The molecule has 0 unspecified atom stereocenters. The van der Waals surface area contributed by atoms with Crippen molar-refractivity contribution in [2.75, 3.05) is 6.61 Å².